The van der Waals surface area contributed by atoms with E-state index in [-0.39, 0.29) is 0 Å². The Morgan fingerprint density at radius 1 is 0.360 bits per heavy atom. The second-order valence-corrected chi connectivity index (χ2v) is 11.8. The van der Waals surface area contributed by atoms with Crippen LogP contribution >= 0.6 is 0 Å². The van der Waals surface area contributed by atoms with Crippen molar-refractivity contribution in [2.24, 2.45) is 0 Å². The summed E-state index contributed by atoms with van der Waals surface area (Å²) in [5.41, 5.74) is 11.0. The highest BCUT2D eigenvalue weighted by Gasteiger charge is 2.16. The maximum absolute atomic E-state index is 5.49. The van der Waals surface area contributed by atoms with Crippen LogP contribution in [0, 0.1) is 0 Å². The van der Waals surface area contributed by atoms with Crippen molar-refractivity contribution in [2.45, 2.75) is 0 Å². The second kappa shape index (κ2) is 15.1. The number of benzene rings is 7. The van der Waals surface area contributed by atoms with E-state index in [0.717, 1.165) is 51.2 Å². The molecule has 0 unspecified atom stereocenters. The molecule has 0 spiro atoms. The number of methoxy groups -OCH3 is 2. The van der Waals surface area contributed by atoms with Crippen LogP contribution in [0.3, 0.4) is 0 Å². The maximum Gasteiger partial charge on any atom is 0.119 e. The fourth-order valence-electron chi connectivity index (χ4n) is 6.14. The molecular weight excluding hydrogens is 613 g/mol. The summed E-state index contributed by atoms with van der Waals surface area (Å²) < 4.78 is 10.9. The van der Waals surface area contributed by atoms with E-state index < -0.39 is 0 Å². The van der Waals surface area contributed by atoms with Crippen LogP contribution in [0.25, 0.3) is 11.6 Å². The van der Waals surface area contributed by atoms with Gasteiger partial charge in [-0.1, -0.05) is 91.0 Å². The van der Waals surface area contributed by atoms with Gasteiger partial charge in [0.1, 0.15) is 11.5 Å². The van der Waals surface area contributed by atoms with Crippen LogP contribution in [0.15, 0.2) is 188 Å². The number of ether oxygens (including phenoxy) is 2. The van der Waals surface area contributed by atoms with Crippen molar-refractivity contribution in [3.8, 4) is 11.5 Å². The molecule has 0 aliphatic carbocycles. The Bertz CT molecular complexity index is 2090. The van der Waals surface area contributed by atoms with Gasteiger partial charge in [-0.2, -0.15) is 0 Å². The Morgan fingerprint density at radius 2 is 0.660 bits per heavy atom. The average Bonchev–Trinajstić information content (AvgIpc) is 3.20. The lowest BCUT2D eigenvalue weighted by molar-refractivity contribution is 0.414. The molecule has 7 aromatic rings. The molecule has 7 rings (SSSR count). The minimum absolute atomic E-state index is 0.817. The molecule has 0 saturated heterocycles. The summed E-state index contributed by atoms with van der Waals surface area (Å²) in [6, 6.07) is 65.3. The standard InChI is InChI=1S/C46H38N2O2/c1-49-44-30-26-42(27-31-44)47(38-16-10-5-11-17-38)40-22-24-41(25-23-40)48(43-28-32-45(50-2)33-29-43)39-20-18-35(19-21-39)34-46(36-12-6-3-7-13-36)37-14-8-4-9-15-37/h3-34H,1-2H3. The number of anilines is 6. The second-order valence-electron chi connectivity index (χ2n) is 11.8. The first-order chi connectivity index (χ1) is 24.7. The molecule has 0 atom stereocenters. The molecule has 50 heavy (non-hydrogen) atoms. The lowest BCUT2D eigenvalue weighted by atomic mass is 9.95. The minimum atomic E-state index is 0.817. The fourth-order valence-corrected chi connectivity index (χ4v) is 6.14. The van der Waals surface area contributed by atoms with Gasteiger partial charge in [0.25, 0.3) is 0 Å². The number of para-hydroxylation sites is 1. The highest BCUT2D eigenvalue weighted by atomic mass is 16.5. The molecular formula is C46H38N2O2. The summed E-state index contributed by atoms with van der Waals surface area (Å²) in [5, 5.41) is 0. The maximum atomic E-state index is 5.49. The summed E-state index contributed by atoms with van der Waals surface area (Å²) in [6.45, 7) is 0. The predicted octanol–water partition coefficient (Wildman–Crippen LogP) is 12.2. The molecule has 0 heterocycles. The van der Waals surface area contributed by atoms with Crippen LogP contribution in [-0.4, -0.2) is 14.2 Å². The van der Waals surface area contributed by atoms with Gasteiger partial charge in [0.2, 0.25) is 0 Å². The van der Waals surface area contributed by atoms with E-state index in [9.17, 15) is 0 Å². The smallest absolute Gasteiger partial charge is 0.119 e. The van der Waals surface area contributed by atoms with Gasteiger partial charge in [-0.3, -0.25) is 0 Å². The first-order valence-electron chi connectivity index (χ1n) is 16.7. The number of rotatable bonds is 11. The largest absolute Gasteiger partial charge is 0.497 e. The van der Waals surface area contributed by atoms with Crippen molar-refractivity contribution in [2.75, 3.05) is 24.0 Å². The van der Waals surface area contributed by atoms with Crippen molar-refractivity contribution in [3.05, 3.63) is 205 Å². The molecule has 0 saturated carbocycles. The van der Waals surface area contributed by atoms with Crippen molar-refractivity contribution < 1.29 is 9.47 Å². The topological polar surface area (TPSA) is 24.9 Å². The zero-order valence-corrected chi connectivity index (χ0v) is 28.2. The first kappa shape index (κ1) is 32.0. The summed E-state index contributed by atoms with van der Waals surface area (Å²) >= 11 is 0. The Morgan fingerprint density at radius 3 is 1.02 bits per heavy atom. The van der Waals surface area contributed by atoms with Crippen molar-refractivity contribution >= 4 is 45.8 Å². The molecule has 7 aromatic carbocycles. The van der Waals surface area contributed by atoms with E-state index in [1.165, 1.54) is 16.7 Å². The van der Waals surface area contributed by atoms with Gasteiger partial charge in [0.15, 0.2) is 0 Å². The van der Waals surface area contributed by atoms with Crippen molar-refractivity contribution in [1.29, 1.82) is 0 Å². The molecule has 0 fully saturated rings. The zero-order chi connectivity index (χ0) is 34.1. The van der Waals surface area contributed by atoms with Gasteiger partial charge < -0.3 is 19.3 Å². The zero-order valence-electron chi connectivity index (χ0n) is 28.2. The minimum Gasteiger partial charge on any atom is -0.497 e. The third kappa shape index (κ3) is 7.15. The summed E-state index contributed by atoms with van der Waals surface area (Å²) in [5.74, 6) is 1.64. The third-order valence-electron chi connectivity index (χ3n) is 8.67. The predicted molar refractivity (Wildman–Crippen MR) is 209 cm³/mol. The SMILES string of the molecule is COc1ccc(N(c2ccccc2)c2ccc(N(c3ccc(C=C(c4ccccc4)c4ccccc4)cc3)c3ccc(OC)cc3)cc2)cc1. The van der Waals surface area contributed by atoms with Gasteiger partial charge in [-0.15, -0.1) is 0 Å². The highest BCUT2D eigenvalue weighted by molar-refractivity contribution is 5.92. The Labute approximate surface area is 294 Å². The quantitative estimate of drug-likeness (QED) is 0.130. The average molecular weight is 651 g/mol. The van der Waals surface area contributed by atoms with E-state index in [4.69, 9.17) is 9.47 Å². The molecule has 0 amide bonds. The van der Waals surface area contributed by atoms with Gasteiger partial charge in [0.05, 0.1) is 14.2 Å². The van der Waals surface area contributed by atoms with Gasteiger partial charge in [-0.25, -0.2) is 0 Å². The third-order valence-corrected chi connectivity index (χ3v) is 8.67. The molecule has 0 aliphatic rings. The molecule has 0 aliphatic heterocycles. The highest BCUT2D eigenvalue weighted by Crippen LogP contribution is 2.40. The summed E-state index contributed by atoms with van der Waals surface area (Å²) in [7, 11) is 3.38. The molecule has 0 N–H and O–H groups in total. The van der Waals surface area contributed by atoms with E-state index in [2.05, 4.69) is 174 Å². The van der Waals surface area contributed by atoms with E-state index in [1.807, 2.05) is 30.3 Å². The molecule has 0 bridgehead atoms. The van der Waals surface area contributed by atoms with Crippen LogP contribution in [0.5, 0.6) is 11.5 Å². The summed E-state index contributed by atoms with van der Waals surface area (Å²) in [4.78, 5) is 4.52. The molecule has 4 nitrogen and oxygen atoms in total. The van der Waals surface area contributed by atoms with E-state index >= 15 is 0 Å². The lowest BCUT2D eigenvalue weighted by Crippen LogP contribution is -2.12. The van der Waals surface area contributed by atoms with Gasteiger partial charge in [-0.05, 0) is 125 Å². The fraction of sp³-hybridized carbons (Fsp3) is 0.0435. The van der Waals surface area contributed by atoms with Crippen LogP contribution in [0.1, 0.15) is 16.7 Å². The normalized spacial score (nSPS) is 10.6. The van der Waals surface area contributed by atoms with Gasteiger partial charge >= 0.3 is 0 Å². The molecule has 244 valence electrons. The molecule has 4 heteroatoms. The van der Waals surface area contributed by atoms with E-state index in [1.54, 1.807) is 14.2 Å². The number of nitrogens with zero attached hydrogens (tertiary/aromatic N) is 2. The van der Waals surface area contributed by atoms with Crippen molar-refractivity contribution in [3.63, 3.8) is 0 Å². The van der Waals surface area contributed by atoms with Gasteiger partial charge in [0, 0.05) is 34.1 Å². The summed E-state index contributed by atoms with van der Waals surface area (Å²) in [6.07, 6.45) is 2.26. The monoisotopic (exact) mass is 650 g/mol. The van der Waals surface area contributed by atoms with Crippen LogP contribution in [0.2, 0.25) is 0 Å². The van der Waals surface area contributed by atoms with Crippen LogP contribution < -0.4 is 19.3 Å². The molecule has 0 aromatic heterocycles. The Balaban J connectivity index is 1.26. The Hall–Kier alpha value is -6.52. The van der Waals surface area contributed by atoms with Crippen molar-refractivity contribution in [1.82, 2.24) is 0 Å². The lowest BCUT2D eigenvalue weighted by Gasteiger charge is -2.28. The Kier molecular flexibility index (Phi) is 9.70. The van der Waals surface area contributed by atoms with Crippen LogP contribution in [-0.2, 0) is 0 Å². The number of hydrogen-bond donors (Lipinski definition) is 0. The molecule has 0 radical (unpaired) electrons. The van der Waals surface area contributed by atoms with Crippen LogP contribution in [0.4, 0.5) is 34.1 Å². The van der Waals surface area contributed by atoms with E-state index in [0.29, 0.717) is 0 Å². The first-order valence-corrected chi connectivity index (χ1v) is 16.7. The number of hydrogen-bond acceptors (Lipinski definition) is 4.